The number of aliphatic carboxylic acids is 1. The molecule has 2 heterocycles. The first-order valence-corrected chi connectivity index (χ1v) is 8.14. The van der Waals surface area contributed by atoms with E-state index in [1.807, 2.05) is 34.9 Å². The van der Waals surface area contributed by atoms with Crippen LogP contribution in [0.4, 0.5) is 4.79 Å². The van der Waals surface area contributed by atoms with Gasteiger partial charge in [0.2, 0.25) is 0 Å². The minimum absolute atomic E-state index is 0.0620. The van der Waals surface area contributed by atoms with Gasteiger partial charge in [0.05, 0.1) is 12.0 Å². The molecule has 2 saturated heterocycles. The Labute approximate surface area is 138 Å². The average molecular weight is 327 g/mol. The lowest BCUT2D eigenvalue weighted by Crippen LogP contribution is -2.71. The first-order chi connectivity index (χ1) is 10.5. The second-order valence-corrected chi connectivity index (χ2v) is 7.98. The van der Waals surface area contributed by atoms with Crippen molar-refractivity contribution in [2.75, 3.05) is 40.3 Å². The van der Waals surface area contributed by atoms with E-state index in [0.29, 0.717) is 19.1 Å². The van der Waals surface area contributed by atoms with E-state index in [9.17, 15) is 14.7 Å². The van der Waals surface area contributed by atoms with Gasteiger partial charge < -0.3 is 19.6 Å². The molecule has 0 radical (unpaired) electrons. The van der Waals surface area contributed by atoms with Gasteiger partial charge >= 0.3 is 12.1 Å². The van der Waals surface area contributed by atoms with Gasteiger partial charge in [-0.2, -0.15) is 0 Å². The number of likely N-dealkylation sites (N-methyl/N-ethyl adjacent to an activating group) is 1. The van der Waals surface area contributed by atoms with Crippen LogP contribution >= 0.6 is 0 Å². The molecule has 0 aliphatic carbocycles. The van der Waals surface area contributed by atoms with Crippen LogP contribution < -0.4 is 0 Å². The zero-order valence-electron chi connectivity index (χ0n) is 14.8. The summed E-state index contributed by atoms with van der Waals surface area (Å²) in [6.07, 6.45) is 0.731. The van der Waals surface area contributed by atoms with E-state index in [4.69, 9.17) is 4.74 Å². The van der Waals surface area contributed by atoms with Crippen LogP contribution in [0.3, 0.4) is 0 Å². The maximum Gasteiger partial charge on any atom is 0.410 e. The highest BCUT2D eigenvalue weighted by atomic mass is 16.6. The number of ether oxygens (including phenoxy) is 1. The van der Waals surface area contributed by atoms with Gasteiger partial charge in [0.1, 0.15) is 5.60 Å². The summed E-state index contributed by atoms with van der Waals surface area (Å²) in [6.45, 7) is 8.06. The van der Waals surface area contributed by atoms with Crippen molar-refractivity contribution >= 4 is 12.1 Å². The maximum atomic E-state index is 12.1. The van der Waals surface area contributed by atoms with Crippen LogP contribution in [0.25, 0.3) is 0 Å². The van der Waals surface area contributed by atoms with E-state index in [1.54, 1.807) is 4.90 Å². The lowest BCUT2D eigenvalue weighted by molar-refractivity contribution is -0.145. The Morgan fingerprint density at radius 3 is 2.35 bits per heavy atom. The Morgan fingerprint density at radius 1 is 1.30 bits per heavy atom. The number of carboxylic acid groups (broad SMARTS) is 1. The molecule has 0 aromatic carbocycles. The molecule has 1 amide bonds. The molecule has 132 valence electrons. The van der Waals surface area contributed by atoms with Gasteiger partial charge in [-0.15, -0.1) is 0 Å². The minimum atomic E-state index is -0.817. The van der Waals surface area contributed by atoms with E-state index in [2.05, 4.69) is 9.80 Å². The van der Waals surface area contributed by atoms with Crippen molar-refractivity contribution in [3.8, 4) is 0 Å². The second-order valence-electron chi connectivity index (χ2n) is 7.98. The van der Waals surface area contributed by atoms with Crippen LogP contribution in [0, 0.1) is 0 Å². The third-order valence-corrected chi connectivity index (χ3v) is 4.67. The highest BCUT2D eigenvalue weighted by Crippen LogP contribution is 2.35. The molecule has 1 atom stereocenters. The van der Waals surface area contributed by atoms with Crippen molar-refractivity contribution < 1.29 is 19.4 Å². The molecular formula is C16H29N3O4. The van der Waals surface area contributed by atoms with E-state index in [1.165, 1.54) is 0 Å². The van der Waals surface area contributed by atoms with Crippen LogP contribution in [0.1, 0.15) is 33.6 Å². The van der Waals surface area contributed by atoms with Crippen LogP contribution in [0.2, 0.25) is 0 Å². The van der Waals surface area contributed by atoms with Gasteiger partial charge in [-0.3, -0.25) is 9.69 Å². The Hall–Kier alpha value is -1.34. The summed E-state index contributed by atoms with van der Waals surface area (Å²) < 4.78 is 5.37. The molecule has 2 aliphatic heterocycles. The average Bonchev–Trinajstić information content (AvgIpc) is 2.80. The molecule has 0 aromatic rings. The number of carbonyl (C=O) groups excluding carboxylic acids is 1. The molecule has 2 rings (SSSR count). The highest BCUT2D eigenvalue weighted by molar-refractivity contribution is 5.73. The topological polar surface area (TPSA) is 73.3 Å². The number of nitrogens with zero attached hydrogens (tertiary/aromatic N) is 3. The molecule has 0 spiro atoms. The SMILES string of the molecule is CN(C)C1CCN(C2(CC(=O)O)CN(C(=O)OC(C)(C)C)C2)C1. The molecular weight excluding hydrogens is 298 g/mol. The number of likely N-dealkylation sites (tertiary alicyclic amines) is 2. The standard InChI is InChI=1S/C16H29N3O4/c1-15(2,3)23-14(22)18-10-16(11-18,8-13(20)21)19-7-6-12(9-19)17(4)5/h12H,6-11H2,1-5H3,(H,20,21). The first-order valence-electron chi connectivity index (χ1n) is 8.14. The van der Waals surface area contributed by atoms with Gasteiger partial charge in [0.25, 0.3) is 0 Å². The van der Waals surface area contributed by atoms with Crippen LogP contribution in [0.5, 0.6) is 0 Å². The smallest absolute Gasteiger partial charge is 0.410 e. The highest BCUT2D eigenvalue weighted by Gasteiger charge is 2.53. The molecule has 2 aliphatic rings. The number of carbonyl (C=O) groups is 2. The van der Waals surface area contributed by atoms with E-state index in [0.717, 1.165) is 19.5 Å². The second kappa shape index (κ2) is 6.28. The molecule has 2 fully saturated rings. The Kier molecular flexibility index (Phi) is 4.92. The van der Waals surface area contributed by atoms with Crippen LogP contribution in [-0.2, 0) is 9.53 Å². The Morgan fingerprint density at radius 2 is 1.91 bits per heavy atom. The van der Waals surface area contributed by atoms with E-state index >= 15 is 0 Å². The predicted molar refractivity (Wildman–Crippen MR) is 86.5 cm³/mol. The van der Waals surface area contributed by atoms with Crippen LogP contribution in [0.15, 0.2) is 0 Å². The molecule has 7 heteroatoms. The van der Waals surface area contributed by atoms with Gasteiger partial charge in [-0.05, 0) is 41.3 Å². The first kappa shape index (κ1) is 18.0. The molecule has 23 heavy (non-hydrogen) atoms. The van der Waals surface area contributed by atoms with Gasteiger partial charge in [-0.25, -0.2) is 4.79 Å². The molecule has 7 nitrogen and oxygen atoms in total. The summed E-state index contributed by atoms with van der Waals surface area (Å²) in [6, 6.07) is 0.441. The lowest BCUT2D eigenvalue weighted by atomic mass is 9.84. The predicted octanol–water partition coefficient (Wildman–Crippen LogP) is 1.09. The number of hydrogen-bond acceptors (Lipinski definition) is 5. The summed E-state index contributed by atoms with van der Waals surface area (Å²) in [5.74, 6) is -0.817. The maximum absolute atomic E-state index is 12.1. The summed E-state index contributed by atoms with van der Waals surface area (Å²) in [5.41, 5.74) is -0.987. The fourth-order valence-corrected chi connectivity index (χ4v) is 3.42. The van der Waals surface area contributed by atoms with E-state index in [-0.39, 0.29) is 12.5 Å². The zero-order chi connectivity index (χ0) is 17.4. The van der Waals surface area contributed by atoms with Crippen molar-refractivity contribution in [3.05, 3.63) is 0 Å². The monoisotopic (exact) mass is 327 g/mol. The van der Waals surface area contributed by atoms with Crippen molar-refractivity contribution in [1.82, 2.24) is 14.7 Å². The quantitative estimate of drug-likeness (QED) is 0.833. The lowest BCUT2D eigenvalue weighted by Gasteiger charge is -2.54. The number of amides is 1. The number of carboxylic acids is 1. The van der Waals surface area contributed by atoms with Crippen molar-refractivity contribution in [2.45, 2.75) is 50.8 Å². The molecule has 1 N–H and O–H groups in total. The Bertz CT molecular complexity index is 466. The minimum Gasteiger partial charge on any atom is -0.481 e. The fourth-order valence-electron chi connectivity index (χ4n) is 3.42. The number of rotatable bonds is 4. The summed E-state index contributed by atoms with van der Waals surface area (Å²) in [5, 5.41) is 9.29. The third kappa shape index (κ3) is 4.14. The molecule has 0 bridgehead atoms. The summed E-state index contributed by atoms with van der Waals surface area (Å²) in [7, 11) is 4.09. The molecule has 0 aromatic heterocycles. The zero-order valence-corrected chi connectivity index (χ0v) is 14.8. The van der Waals surface area contributed by atoms with E-state index < -0.39 is 17.1 Å². The molecule has 1 unspecified atom stereocenters. The summed E-state index contributed by atoms with van der Waals surface area (Å²) in [4.78, 5) is 29.5. The normalized spacial score (nSPS) is 24.6. The van der Waals surface area contributed by atoms with Crippen molar-refractivity contribution in [3.63, 3.8) is 0 Å². The third-order valence-electron chi connectivity index (χ3n) is 4.67. The van der Waals surface area contributed by atoms with Gasteiger partial charge in [0.15, 0.2) is 0 Å². The summed E-state index contributed by atoms with van der Waals surface area (Å²) >= 11 is 0. The fraction of sp³-hybridized carbons (Fsp3) is 0.875. The van der Waals surface area contributed by atoms with Crippen LogP contribution in [-0.4, -0.2) is 89.3 Å². The van der Waals surface area contributed by atoms with Crippen molar-refractivity contribution in [2.24, 2.45) is 0 Å². The van der Waals surface area contributed by atoms with Gasteiger partial charge in [-0.1, -0.05) is 0 Å². The Balaban J connectivity index is 2.01. The largest absolute Gasteiger partial charge is 0.481 e. The number of hydrogen-bond donors (Lipinski definition) is 1. The van der Waals surface area contributed by atoms with Crippen molar-refractivity contribution in [1.29, 1.82) is 0 Å². The molecule has 0 saturated carbocycles. The van der Waals surface area contributed by atoms with Gasteiger partial charge in [0, 0.05) is 32.2 Å².